The average molecular weight is 582 g/mol. The van der Waals surface area contributed by atoms with E-state index in [4.69, 9.17) is 27.7 Å². The minimum atomic E-state index is -0.826. The van der Waals surface area contributed by atoms with E-state index in [0.29, 0.717) is 35.8 Å². The fourth-order valence-corrected chi connectivity index (χ4v) is 6.61. The molecule has 2 rings (SSSR count). The van der Waals surface area contributed by atoms with Crippen LogP contribution in [-0.2, 0) is 20.8 Å². The van der Waals surface area contributed by atoms with Gasteiger partial charge in [0, 0.05) is 13.1 Å². The summed E-state index contributed by atoms with van der Waals surface area (Å²) in [6.07, 6.45) is 0. The molecule has 2 aliphatic rings. The summed E-state index contributed by atoms with van der Waals surface area (Å²) in [6, 6.07) is 1.02. The Morgan fingerprint density at radius 3 is 1.00 bits per heavy atom. The van der Waals surface area contributed by atoms with Crippen molar-refractivity contribution in [2.24, 2.45) is 59.2 Å². The summed E-state index contributed by atoms with van der Waals surface area (Å²) in [5.41, 5.74) is 0. The Bertz CT molecular complexity index is 463. The van der Waals surface area contributed by atoms with Gasteiger partial charge in [-0.2, -0.15) is 7.05 Å². The third kappa shape index (κ3) is 8.70. The fraction of sp³-hybridized carbons (Fsp3) is 0.963. The molecule has 9 atom stereocenters. The van der Waals surface area contributed by atoms with Crippen molar-refractivity contribution < 1.29 is 25.7 Å². The van der Waals surface area contributed by atoms with Crippen LogP contribution >= 0.6 is 17.0 Å². The van der Waals surface area contributed by atoms with Gasteiger partial charge in [-0.25, -0.2) is 0 Å². The third-order valence-electron chi connectivity index (χ3n) is 10.4. The summed E-state index contributed by atoms with van der Waals surface area (Å²) in [4.78, 5) is 1.33. The van der Waals surface area contributed by atoms with Gasteiger partial charge in [0.05, 0.1) is 0 Å². The predicted molar refractivity (Wildman–Crippen MR) is 143 cm³/mol. The van der Waals surface area contributed by atoms with Crippen molar-refractivity contribution in [2.75, 3.05) is 26.2 Å². The van der Waals surface area contributed by atoms with E-state index >= 15 is 0 Å². The van der Waals surface area contributed by atoms with Crippen LogP contribution in [-0.4, -0.2) is 38.3 Å². The van der Waals surface area contributed by atoms with Crippen LogP contribution in [0.2, 0.25) is 0 Å². The molecule has 3 nitrogen and oxygen atoms in total. The van der Waals surface area contributed by atoms with Gasteiger partial charge in [-0.3, -0.25) is 0 Å². The predicted octanol–water partition coefficient (Wildman–Crippen LogP) is 6.91. The molecule has 0 bridgehead atoms. The number of nitrogens with one attached hydrogen (secondary N) is 1. The van der Waals surface area contributed by atoms with Crippen LogP contribution in [0.15, 0.2) is 0 Å². The number of rotatable bonds is 8. The third-order valence-corrected chi connectivity index (χ3v) is 10.4. The normalized spacial score (nSPS) is 44.4. The van der Waals surface area contributed by atoms with Crippen LogP contribution in [0.1, 0.15) is 69.2 Å². The van der Waals surface area contributed by atoms with Crippen LogP contribution in [0.4, 0.5) is 0 Å². The Balaban J connectivity index is 0.00000172. The van der Waals surface area contributed by atoms with Gasteiger partial charge in [-0.15, -0.1) is 12.1 Å². The van der Waals surface area contributed by atoms with Crippen molar-refractivity contribution in [3.63, 3.8) is 0 Å². The van der Waals surface area contributed by atoms with Crippen molar-refractivity contribution in [3.8, 4) is 0 Å². The molecule has 1 N–H and O–H groups in total. The molecule has 0 aromatic carbocycles. The molecule has 0 aromatic heterocycles. The van der Waals surface area contributed by atoms with Crippen molar-refractivity contribution in [2.45, 2.75) is 81.3 Å². The Morgan fingerprint density at radius 2 is 0.758 bits per heavy atom. The molecule has 0 aromatic rings. The van der Waals surface area contributed by atoms with E-state index in [-0.39, 0.29) is 0 Å². The van der Waals surface area contributed by atoms with Crippen LogP contribution in [0.3, 0.4) is 0 Å². The van der Waals surface area contributed by atoms with Crippen LogP contribution in [0.5, 0.6) is 0 Å². The number of hydrogen-bond donors (Lipinski definition) is 1. The standard InChI is InChI=1S/C27H53N3.2ClH.Zr/c1-16-18(3)22(7)26(23(8)19(16)4)28-12-14-30(11)15-13-29-27-24(9)20(5)17(2)21(6)25(27)10;;;/h16-27,30H,11-15H2,1-10H3;2*1H;/q-2;;;+4/p-2/t16?,17?,18-,19-,20+,21+,22-,23-,24+,25+,26?,27?;;;. The molecule has 0 aliphatic heterocycles. The Hall–Kier alpha value is 1.34. The van der Waals surface area contributed by atoms with Crippen LogP contribution in [0, 0.1) is 66.2 Å². The molecule has 0 radical (unpaired) electrons. The van der Waals surface area contributed by atoms with E-state index in [1.54, 1.807) is 0 Å². The fourth-order valence-electron chi connectivity index (χ4n) is 6.61. The van der Waals surface area contributed by atoms with E-state index < -0.39 is 20.8 Å². The Morgan fingerprint density at radius 1 is 0.545 bits per heavy atom. The second kappa shape index (κ2) is 15.6. The Kier molecular flexibility index (Phi) is 15.3. The Labute approximate surface area is 225 Å². The zero-order chi connectivity index (χ0) is 25.5. The van der Waals surface area contributed by atoms with Crippen LogP contribution in [0.25, 0.3) is 10.6 Å². The van der Waals surface area contributed by atoms with Gasteiger partial charge in [0.2, 0.25) is 0 Å². The summed E-state index contributed by atoms with van der Waals surface area (Å²) < 4.78 is 0. The van der Waals surface area contributed by atoms with E-state index in [9.17, 15) is 0 Å². The summed E-state index contributed by atoms with van der Waals surface area (Å²) in [5.74, 6) is 7.41. The quantitative estimate of drug-likeness (QED) is 0.302. The van der Waals surface area contributed by atoms with Gasteiger partial charge >= 0.3 is 37.9 Å². The molecular weight excluding hydrogens is 528 g/mol. The number of hydrogen-bond acceptors (Lipinski definition) is 0. The first-order valence-electron chi connectivity index (χ1n) is 13.4. The first-order valence-corrected chi connectivity index (χ1v) is 19.7. The average Bonchev–Trinajstić information content (AvgIpc) is 2.78. The molecule has 2 saturated carbocycles. The SMILES string of the molecule is [CH2-][NH+](CC[N-]C1[C@@H](C)[C@@H](C)C(C)[C@H](C)[C@@H]1C)CC[N-]C1[C@H](C)[C@H](C)C(C)[C@@H](C)[C@H]1C.[Cl][Zr+2][Cl]. The summed E-state index contributed by atoms with van der Waals surface area (Å²) >= 11 is -0.826. The van der Waals surface area contributed by atoms with Gasteiger partial charge in [-0.1, -0.05) is 106 Å². The molecule has 0 spiro atoms. The maximum atomic E-state index is 5.18. The molecule has 2 aliphatic carbocycles. The van der Waals surface area contributed by atoms with Gasteiger partial charge in [0.25, 0.3) is 0 Å². The van der Waals surface area contributed by atoms with E-state index in [0.717, 1.165) is 61.7 Å². The number of halogens is 2. The van der Waals surface area contributed by atoms with E-state index in [1.807, 2.05) is 0 Å². The first kappa shape index (κ1) is 32.4. The molecule has 6 heteroatoms. The topological polar surface area (TPSA) is 32.6 Å². The minimum absolute atomic E-state index is 0.512. The molecule has 2 fully saturated rings. The number of nitrogens with zero attached hydrogens (tertiary/aromatic N) is 2. The van der Waals surface area contributed by atoms with Crippen LogP contribution < -0.4 is 4.90 Å². The van der Waals surface area contributed by atoms with Gasteiger partial charge < -0.3 is 15.5 Å². The van der Waals surface area contributed by atoms with E-state index in [2.05, 4.69) is 76.3 Å². The molecule has 33 heavy (non-hydrogen) atoms. The van der Waals surface area contributed by atoms with Gasteiger partial charge in [0.15, 0.2) is 0 Å². The molecule has 1 unspecified atom stereocenters. The second-order valence-electron chi connectivity index (χ2n) is 11.7. The summed E-state index contributed by atoms with van der Waals surface area (Å²) in [5, 5.41) is 10.4. The molecule has 194 valence electrons. The molecular formula is C27H53Cl2N3Zr. The van der Waals surface area contributed by atoms with Gasteiger partial charge in [0.1, 0.15) is 0 Å². The van der Waals surface area contributed by atoms with Crippen molar-refractivity contribution in [3.05, 3.63) is 17.7 Å². The zero-order valence-corrected chi connectivity index (χ0v) is 27.1. The summed E-state index contributed by atoms with van der Waals surface area (Å²) in [7, 11) is 14.2. The molecule has 0 heterocycles. The monoisotopic (exact) mass is 579 g/mol. The zero-order valence-electron chi connectivity index (χ0n) is 23.1. The second-order valence-corrected chi connectivity index (χ2v) is 15.4. The van der Waals surface area contributed by atoms with Crippen molar-refractivity contribution in [1.82, 2.24) is 0 Å². The maximum absolute atomic E-state index is 5.18. The number of quaternary nitrogens is 1. The first-order chi connectivity index (χ1) is 15.4. The van der Waals surface area contributed by atoms with Crippen molar-refractivity contribution >= 4 is 17.0 Å². The van der Waals surface area contributed by atoms with Gasteiger partial charge in [-0.05, 0) is 35.5 Å². The summed E-state index contributed by atoms with van der Waals surface area (Å²) in [6.45, 7) is 28.2. The van der Waals surface area contributed by atoms with Crippen molar-refractivity contribution in [1.29, 1.82) is 0 Å². The van der Waals surface area contributed by atoms with E-state index in [1.165, 1.54) is 4.90 Å². The molecule has 0 amide bonds. The molecule has 0 saturated heterocycles.